The fourth-order valence-corrected chi connectivity index (χ4v) is 3.16. The second-order valence-electron chi connectivity index (χ2n) is 5.97. The Morgan fingerprint density at radius 1 is 1.00 bits per heavy atom. The van der Waals surface area contributed by atoms with E-state index >= 15 is 0 Å². The van der Waals surface area contributed by atoms with Gasteiger partial charge in [0.05, 0.1) is 28.7 Å². The van der Waals surface area contributed by atoms with Crippen molar-refractivity contribution in [1.82, 2.24) is 10.2 Å². The Hall–Kier alpha value is -3.61. The van der Waals surface area contributed by atoms with Crippen molar-refractivity contribution in [3.63, 3.8) is 0 Å². The van der Waals surface area contributed by atoms with E-state index in [1.807, 2.05) is 6.92 Å². The van der Waals surface area contributed by atoms with Crippen molar-refractivity contribution < 1.29 is 19.8 Å². The van der Waals surface area contributed by atoms with Gasteiger partial charge in [-0.15, -0.1) is 0 Å². The average Bonchev–Trinajstić information content (AvgIpc) is 3.19. The van der Waals surface area contributed by atoms with E-state index in [0.717, 1.165) is 4.90 Å². The minimum Gasteiger partial charge on any atom is -0.508 e. The zero-order valence-corrected chi connectivity index (χ0v) is 13.9. The summed E-state index contributed by atoms with van der Waals surface area (Å²) in [5.41, 5.74) is 2.21. The van der Waals surface area contributed by atoms with E-state index in [9.17, 15) is 19.8 Å². The molecule has 26 heavy (non-hydrogen) atoms. The van der Waals surface area contributed by atoms with Gasteiger partial charge in [0.1, 0.15) is 11.5 Å². The van der Waals surface area contributed by atoms with Gasteiger partial charge in [-0.2, -0.15) is 5.10 Å². The Bertz CT molecular complexity index is 1020. The lowest BCUT2D eigenvalue weighted by Crippen LogP contribution is -2.29. The summed E-state index contributed by atoms with van der Waals surface area (Å²) < 4.78 is 0. The number of carbonyl (C=O) groups is 2. The summed E-state index contributed by atoms with van der Waals surface area (Å²) in [6, 6.07) is 9.44. The third-order valence-corrected chi connectivity index (χ3v) is 4.50. The number of aromatic nitrogens is 2. The number of fused-ring (bicyclic) bond motifs is 1. The van der Waals surface area contributed by atoms with Crippen molar-refractivity contribution in [2.45, 2.75) is 13.3 Å². The number of phenols is 2. The molecule has 130 valence electrons. The summed E-state index contributed by atoms with van der Waals surface area (Å²) in [6.45, 7) is 1.87. The number of aromatic amines is 1. The smallest absolute Gasteiger partial charge is 0.266 e. The molecule has 0 unspecified atom stereocenters. The molecule has 0 fully saturated rings. The molecule has 0 bridgehead atoms. The second kappa shape index (κ2) is 5.73. The Morgan fingerprint density at radius 2 is 1.65 bits per heavy atom. The number of amides is 2. The summed E-state index contributed by atoms with van der Waals surface area (Å²) in [5.74, 6) is -1.08. The highest BCUT2D eigenvalue weighted by molar-refractivity contribution is 6.35. The number of hydrogen-bond acceptors (Lipinski definition) is 5. The molecule has 0 aliphatic carbocycles. The molecule has 2 amide bonds. The molecule has 7 nitrogen and oxygen atoms in total. The first-order valence-electron chi connectivity index (χ1n) is 8.09. The topological polar surface area (TPSA) is 107 Å². The van der Waals surface area contributed by atoms with Gasteiger partial charge in [-0.25, -0.2) is 4.90 Å². The molecule has 0 spiro atoms. The van der Waals surface area contributed by atoms with Crippen LogP contribution in [0.5, 0.6) is 11.5 Å². The van der Waals surface area contributed by atoms with Crippen LogP contribution < -0.4 is 4.90 Å². The number of anilines is 1. The van der Waals surface area contributed by atoms with Gasteiger partial charge in [0, 0.05) is 11.6 Å². The molecule has 0 atom stereocenters. The first-order chi connectivity index (χ1) is 12.5. The quantitative estimate of drug-likeness (QED) is 0.630. The van der Waals surface area contributed by atoms with Crippen molar-refractivity contribution in [3.05, 3.63) is 59.3 Å². The molecule has 3 aromatic rings. The minimum atomic E-state index is -0.442. The van der Waals surface area contributed by atoms with Crippen LogP contribution in [0, 0.1) is 0 Å². The van der Waals surface area contributed by atoms with Gasteiger partial charge in [-0.1, -0.05) is 19.1 Å². The number of hydrogen-bond donors (Lipinski definition) is 3. The van der Waals surface area contributed by atoms with Crippen LogP contribution in [-0.4, -0.2) is 32.2 Å². The number of carbonyl (C=O) groups excluding carboxylic acids is 2. The summed E-state index contributed by atoms with van der Waals surface area (Å²) in [6.07, 6.45) is 1.92. The largest absolute Gasteiger partial charge is 0.508 e. The Morgan fingerprint density at radius 3 is 2.27 bits per heavy atom. The van der Waals surface area contributed by atoms with Crippen molar-refractivity contribution in [3.8, 4) is 22.8 Å². The highest BCUT2D eigenvalue weighted by Gasteiger charge is 2.38. The van der Waals surface area contributed by atoms with Crippen LogP contribution in [0.4, 0.5) is 5.69 Å². The standard InChI is InChI=1S/C19H15N3O4/c1-2-10-7-13(16(24)8-15(10)23)17-14(9-20-21-17)22-18(25)11-5-3-4-6-12(11)19(22)26/h3-9,23-24H,2H2,1H3,(H,20,21). The van der Waals surface area contributed by atoms with Gasteiger partial charge >= 0.3 is 0 Å². The second-order valence-corrected chi connectivity index (χ2v) is 5.97. The van der Waals surface area contributed by atoms with Gasteiger partial charge in [0.2, 0.25) is 0 Å². The van der Waals surface area contributed by atoms with Crippen LogP contribution in [0.1, 0.15) is 33.2 Å². The van der Waals surface area contributed by atoms with E-state index in [-0.39, 0.29) is 17.2 Å². The zero-order chi connectivity index (χ0) is 18.4. The maximum Gasteiger partial charge on any atom is 0.266 e. The Labute approximate surface area is 148 Å². The summed E-state index contributed by atoms with van der Waals surface area (Å²) in [4.78, 5) is 26.5. The van der Waals surface area contributed by atoms with E-state index in [4.69, 9.17) is 0 Å². The highest BCUT2D eigenvalue weighted by Crippen LogP contribution is 2.40. The molecule has 2 aromatic carbocycles. The van der Waals surface area contributed by atoms with Gasteiger partial charge in [-0.05, 0) is 30.2 Å². The average molecular weight is 349 g/mol. The van der Waals surface area contributed by atoms with Crippen LogP contribution in [0.25, 0.3) is 11.3 Å². The van der Waals surface area contributed by atoms with E-state index in [2.05, 4.69) is 10.2 Å². The van der Waals surface area contributed by atoms with E-state index in [1.165, 1.54) is 12.3 Å². The van der Waals surface area contributed by atoms with Crippen LogP contribution in [0.3, 0.4) is 0 Å². The molecule has 7 heteroatoms. The van der Waals surface area contributed by atoms with E-state index in [0.29, 0.717) is 34.4 Å². The number of phenolic OH excluding ortho intramolecular Hbond substituents is 2. The number of aryl methyl sites for hydroxylation is 1. The van der Waals surface area contributed by atoms with Gasteiger partial charge < -0.3 is 10.2 Å². The predicted molar refractivity (Wildman–Crippen MR) is 94.3 cm³/mol. The molecule has 2 heterocycles. The molecule has 0 saturated heterocycles. The van der Waals surface area contributed by atoms with Gasteiger partial charge in [-0.3, -0.25) is 14.7 Å². The van der Waals surface area contributed by atoms with Crippen LogP contribution >= 0.6 is 0 Å². The van der Waals surface area contributed by atoms with Crippen molar-refractivity contribution in [2.24, 2.45) is 0 Å². The predicted octanol–water partition coefficient (Wildman–Crippen LogP) is 2.85. The molecule has 4 rings (SSSR count). The number of nitrogens with zero attached hydrogens (tertiary/aromatic N) is 2. The normalized spacial score (nSPS) is 13.3. The van der Waals surface area contributed by atoms with Crippen molar-refractivity contribution in [2.75, 3.05) is 4.90 Å². The summed E-state index contributed by atoms with van der Waals surface area (Å²) in [5, 5.41) is 26.8. The summed E-state index contributed by atoms with van der Waals surface area (Å²) in [7, 11) is 0. The minimum absolute atomic E-state index is 0.0180. The van der Waals surface area contributed by atoms with Crippen LogP contribution in [-0.2, 0) is 6.42 Å². The van der Waals surface area contributed by atoms with Crippen molar-refractivity contribution >= 4 is 17.5 Å². The Kier molecular flexibility index (Phi) is 3.50. The van der Waals surface area contributed by atoms with Gasteiger partial charge in [0.15, 0.2) is 0 Å². The molecule has 1 aliphatic heterocycles. The molecule has 0 saturated carbocycles. The number of benzene rings is 2. The molecular weight excluding hydrogens is 334 g/mol. The maximum absolute atomic E-state index is 12.7. The third kappa shape index (κ3) is 2.17. The summed E-state index contributed by atoms with van der Waals surface area (Å²) >= 11 is 0. The van der Waals surface area contributed by atoms with Crippen LogP contribution in [0.15, 0.2) is 42.6 Å². The van der Waals surface area contributed by atoms with E-state index in [1.54, 1.807) is 30.3 Å². The lowest BCUT2D eigenvalue weighted by Gasteiger charge is -2.15. The molecule has 1 aliphatic rings. The Balaban J connectivity index is 1.85. The molecule has 0 radical (unpaired) electrons. The molecular formula is C19H15N3O4. The van der Waals surface area contributed by atoms with Gasteiger partial charge in [0.25, 0.3) is 11.8 Å². The SMILES string of the molecule is CCc1cc(-c2[nH]ncc2N2C(=O)c3ccccc3C2=O)c(O)cc1O. The number of H-pyrrole nitrogens is 1. The molecule has 3 N–H and O–H groups in total. The highest BCUT2D eigenvalue weighted by atomic mass is 16.3. The van der Waals surface area contributed by atoms with Crippen molar-refractivity contribution in [1.29, 1.82) is 0 Å². The monoisotopic (exact) mass is 349 g/mol. The molecule has 1 aromatic heterocycles. The fraction of sp³-hybridized carbons (Fsp3) is 0.105. The zero-order valence-electron chi connectivity index (χ0n) is 13.9. The lowest BCUT2D eigenvalue weighted by molar-refractivity contribution is 0.0926. The number of rotatable bonds is 3. The first-order valence-corrected chi connectivity index (χ1v) is 8.09. The van der Waals surface area contributed by atoms with E-state index < -0.39 is 11.8 Å². The number of imide groups is 1. The number of nitrogens with one attached hydrogen (secondary N) is 1. The maximum atomic E-state index is 12.7. The first kappa shape index (κ1) is 15.9. The third-order valence-electron chi connectivity index (χ3n) is 4.50. The fourth-order valence-electron chi connectivity index (χ4n) is 3.16. The lowest BCUT2D eigenvalue weighted by atomic mass is 10.0. The number of aromatic hydroxyl groups is 2. The van der Waals surface area contributed by atoms with Crippen LogP contribution in [0.2, 0.25) is 0 Å².